The Hall–Kier alpha value is -1.54. The summed E-state index contributed by atoms with van der Waals surface area (Å²) in [6.45, 7) is 32.6. The van der Waals surface area contributed by atoms with Gasteiger partial charge >= 0.3 is 0 Å². The Bertz CT molecular complexity index is 1430. The van der Waals surface area contributed by atoms with Crippen molar-refractivity contribution in [3.05, 3.63) is 85.0 Å². The van der Waals surface area contributed by atoms with Crippen molar-refractivity contribution >= 4 is 34.6 Å². The summed E-state index contributed by atoms with van der Waals surface area (Å²) in [5.41, 5.74) is 0.854. The summed E-state index contributed by atoms with van der Waals surface area (Å²) in [5.74, 6) is 0.750. The van der Waals surface area contributed by atoms with E-state index in [1.165, 1.54) is 0 Å². The smallest absolute Gasteiger partial charge is 0.261 e. The Kier molecular flexibility index (Phi) is 12.5. The standard InChI is InChI=1S/C42H67O4PSi2/c1-14-15-28-42(9,46-49(12,13)41(6,7)8)29-22-27-35-36-30-32(2)39(37(36)31-38(35)45-48(10,11)40(3,4)5)44-47(43,33-23-18-16-19-24-33)34-25-20-17-21-26-34/h16-27,35-39H,2,14-15,28-31H2,1,3-13H3/t35-,36+,37-,38+,39?,42?/m0/s1. The molecule has 49 heavy (non-hydrogen) atoms. The molecule has 0 heterocycles. The highest BCUT2D eigenvalue weighted by atomic mass is 31.2. The molecule has 2 aromatic carbocycles. The summed E-state index contributed by atoms with van der Waals surface area (Å²) >= 11 is 0. The van der Waals surface area contributed by atoms with E-state index < -0.39 is 24.0 Å². The van der Waals surface area contributed by atoms with Crippen LogP contribution >= 0.6 is 7.37 Å². The van der Waals surface area contributed by atoms with Gasteiger partial charge in [-0.2, -0.15) is 0 Å². The SMILES string of the molecule is C=C1C[C@@H]2[C@H](C=CCC(C)(CCCC)O[Si](C)(C)C(C)(C)C)[C@H](O[Si](C)(C)C(C)(C)C)C[C@@H]2C1OP(=O)(c1ccccc1)c1ccccc1. The molecule has 2 unspecified atom stereocenters. The average Bonchev–Trinajstić information content (AvgIpc) is 3.48. The summed E-state index contributed by atoms with van der Waals surface area (Å²) in [7, 11) is -7.41. The lowest BCUT2D eigenvalue weighted by atomic mass is 9.89. The lowest BCUT2D eigenvalue weighted by molar-refractivity contribution is 0.0631. The van der Waals surface area contributed by atoms with Crippen molar-refractivity contribution in [2.24, 2.45) is 17.8 Å². The Morgan fingerprint density at radius 1 is 0.837 bits per heavy atom. The topological polar surface area (TPSA) is 44.8 Å². The second-order valence-corrected chi connectivity index (χ2v) is 30.0. The minimum Gasteiger partial charge on any atom is -0.413 e. The molecule has 0 N–H and O–H groups in total. The number of unbranched alkanes of at least 4 members (excludes halogenated alkanes) is 1. The molecule has 0 aromatic heterocycles. The molecule has 4 rings (SSSR count). The first-order valence-electron chi connectivity index (χ1n) is 18.8. The molecule has 0 radical (unpaired) electrons. The lowest BCUT2D eigenvalue weighted by Crippen LogP contribution is -2.48. The van der Waals surface area contributed by atoms with Gasteiger partial charge in [0.15, 0.2) is 16.6 Å². The van der Waals surface area contributed by atoms with Gasteiger partial charge in [0.05, 0.1) is 17.8 Å². The van der Waals surface area contributed by atoms with Gasteiger partial charge < -0.3 is 13.4 Å². The maximum absolute atomic E-state index is 15.1. The van der Waals surface area contributed by atoms with Gasteiger partial charge in [-0.3, -0.25) is 4.57 Å². The van der Waals surface area contributed by atoms with E-state index in [1.807, 2.05) is 60.7 Å². The molecule has 2 aliphatic carbocycles. The summed E-state index contributed by atoms with van der Waals surface area (Å²) in [5, 5.41) is 1.72. The quantitative estimate of drug-likeness (QED) is 0.111. The lowest BCUT2D eigenvalue weighted by Gasteiger charge is -2.44. The number of hydrogen-bond acceptors (Lipinski definition) is 4. The number of benzene rings is 2. The van der Waals surface area contributed by atoms with E-state index in [9.17, 15) is 0 Å². The summed E-state index contributed by atoms with van der Waals surface area (Å²) < 4.78 is 36.5. The predicted octanol–water partition coefficient (Wildman–Crippen LogP) is 11.8. The van der Waals surface area contributed by atoms with Crippen molar-refractivity contribution < 1.29 is 17.9 Å². The van der Waals surface area contributed by atoms with Crippen molar-refractivity contribution in [1.82, 2.24) is 0 Å². The molecule has 272 valence electrons. The largest absolute Gasteiger partial charge is 0.413 e. The van der Waals surface area contributed by atoms with Crippen LogP contribution in [-0.4, -0.2) is 34.4 Å². The third-order valence-electron chi connectivity index (χ3n) is 12.2. The number of hydrogen-bond donors (Lipinski definition) is 0. The van der Waals surface area contributed by atoms with E-state index in [4.69, 9.17) is 13.4 Å². The van der Waals surface area contributed by atoms with Gasteiger partial charge in [0, 0.05) is 16.5 Å². The number of fused-ring (bicyclic) bond motifs is 1. The van der Waals surface area contributed by atoms with Gasteiger partial charge in [0.2, 0.25) is 0 Å². The Morgan fingerprint density at radius 2 is 1.37 bits per heavy atom. The molecule has 0 amide bonds. The van der Waals surface area contributed by atoms with Crippen LogP contribution in [0, 0.1) is 17.8 Å². The van der Waals surface area contributed by atoms with E-state index in [-0.39, 0.29) is 39.7 Å². The van der Waals surface area contributed by atoms with E-state index in [0.29, 0.717) is 5.92 Å². The van der Waals surface area contributed by atoms with Gasteiger partial charge in [0.25, 0.3) is 7.37 Å². The van der Waals surface area contributed by atoms with E-state index in [2.05, 4.69) is 100 Å². The molecule has 4 nitrogen and oxygen atoms in total. The van der Waals surface area contributed by atoms with Crippen LogP contribution in [0.1, 0.15) is 93.9 Å². The van der Waals surface area contributed by atoms with Crippen molar-refractivity contribution in [2.45, 2.75) is 148 Å². The zero-order valence-electron chi connectivity index (χ0n) is 32.8. The number of rotatable bonds is 14. The zero-order chi connectivity index (χ0) is 36.5. The van der Waals surface area contributed by atoms with Gasteiger partial charge in [-0.25, -0.2) is 0 Å². The minimum absolute atomic E-state index is 0.0855. The maximum Gasteiger partial charge on any atom is 0.261 e. The van der Waals surface area contributed by atoms with Crippen LogP contribution in [0.4, 0.5) is 0 Å². The molecule has 0 saturated heterocycles. The fourth-order valence-corrected chi connectivity index (χ4v) is 12.7. The van der Waals surface area contributed by atoms with Crippen LogP contribution in [0.2, 0.25) is 36.3 Å². The summed E-state index contributed by atoms with van der Waals surface area (Å²) in [4.78, 5) is 0. The van der Waals surface area contributed by atoms with Gasteiger partial charge in [-0.15, -0.1) is 0 Å². The molecule has 0 spiro atoms. The highest BCUT2D eigenvalue weighted by Gasteiger charge is 2.55. The van der Waals surface area contributed by atoms with Crippen molar-refractivity contribution in [2.75, 3.05) is 0 Å². The molecular weight excluding hydrogens is 656 g/mol. The van der Waals surface area contributed by atoms with Crippen molar-refractivity contribution in [3.63, 3.8) is 0 Å². The predicted molar refractivity (Wildman–Crippen MR) is 216 cm³/mol. The second-order valence-electron chi connectivity index (χ2n) is 18.2. The van der Waals surface area contributed by atoms with Crippen LogP contribution in [0.3, 0.4) is 0 Å². The van der Waals surface area contributed by atoms with Crippen LogP contribution in [0.15, 0.2) is 85.0 Å². The van der Waals surface area contributed by atoms with Gasteiger partial charge in [-0.05, 0) is 111 Å². The minimum atomic E-state index is -3.38. The molecular formula is C42H67O4PSi2. The molecule has 0 aliphatic heterocycles. The molecule has 2 aromatic rings. The van der Waals surface area contributed by atoms with E-state index in [0.717, 1.165) is 54.7 Å². The Labute approximate surface area is 302 Å². The highest BCUT2D eigenvalue weighted by molar-refractivity contribution is 7.74. The van der Waals surface area contributed by atoms with E-state index in [1.54, 1.807) is 0 Å². The zero-order valence-corrected chi connectivity index (χ0v) is 35.7. The van der Waals surface area contributed by atoms with Crippen LogP contribution < -0.4 is 10.6 Å². The van der Waals surface area contributed by atoms with Crippen molar-refractivity contribution in [1.29, 1.82) is 0 Å². The first kappa shape index (κ1) is 40.2. The Balaban J connectivity index is 1.68. The summed E-state index contributed by atoms with van der Waals surface area (Å²) in [6.07, 6.45) is 10.7. The molecule has 2 fully saturated rings. The van der Waals surface area contributed by atoms with Crippen molar-refractivity contribution in [3.8, 4) is 0 Å². The maximum atomic E-state index is 15.1. The van der Waals surface area contributed by atoms with E-state index >= 15 is 4.57 Å². The fourth-order valence-electron chi connectivity index (χ4n) is 7.29. The third kappa shape index (κ3) is 9.10. The van der Waals surface area contributed by atoms with Crippen LogP contribution in [-0.2, 0) is 17.9 Å². The molecule has 6 atom stereocenters. The first-order chi connectivity index (χ1) is 22.6. The van der Waals surface area contributed by atoms with Gasteiger partial charge in [0.1, 0.15) is 0 Å². The molecule has 7 heteroatoms. The Morgan fingerprint density at radius 3 is 1.86 bits per heavy atom. The third-order valence-corrected chi connectivity index (χ3v) is 23.8. The monoisotopic (exact) mass is 722 g/mol. The van der Waals surface area contributed by atoms with Crippen LogP contribution in [0.5, 0.6) is 0 Å². The van der Waals surface area contributed by atoms with Crippen LogP contribution in [0.25, 0.3) is 0 Å². The first-order valence-corrected chi connectivity index (χ1v) is 26.2. The molecule has 2 aliphatic rings. The fraction of sp³-hybridized carbons (Fsp3) is 0.619. The summed E-state index contributed by atoms with van der Waals surface area (Å²) in [6, 6.07) is 19.5. The highest BCUT2D eigenvalue weighted by Crippen LogP contribution is 2.58. The average molecular weight is 723 g/mol. The molecule has 0 bridgehead atoms. The van der Waals surface area contributed by atoms with Gasteiger partial charge in [-0.1, -0.05) is 116 Å². The second kappa shape index (κ2) is 15.2. The normalized spacial score (nSPS) is 25.1. The molecule has 2 saturated carbocycles.